The van der Waals surface area contributed by atoms with Gasteiger partial charge in [0, 0.05) is 18.5 Å². The SMILES string of the molecule is CCCC(=O)Nc1c(Cl)cc(Cl)cc1C(=O)N(C)Cc1ccc(Br)o1. The van der Waals surface area contributed by atoms with E-state index >= 15 is 0 Å². The first-order valence-electron chi connectivity index (χ1n) is 7.60. The van der Waals surface area contributed by atoms with Gasteiger partial charge in [-0.2, -0.15) is 0 Å². The van der Waals surface area contributed by atoms with E-state index in [1.54, 1.807) is 19.2 Å². The Morgan fingerprint density at radius 1 is 1.28 bits per heavy atom. The molecule has 0 aliphatic carbocycles. The van der Waals surface area contributed by atoms with Gasteiger partial charge in [-0.1, -0.05) is 30.1 Å². The van der Waals surface area contributed by atoms with Crippen LogP contribution in [-0.2, 0) is 11.3 Å². The Kier molecular flexibility index (Phi) is 6.93. The Balaban J connectivity index is 2.28. The number of amides is 2. The first kappa shape index (κ1) is 19.8. The summed E-state index contributed by atoms with van der Waals surface area (Å²) in [5, 5.41) is 3.24. The standard InChI is InChI=1S/C17H17BrCl2N2O3/c1-3-4-15(23)21-16-12(7-10(19)8-13(16)20)17(24)22(2)9-11-5-6-14(18)25-11/h5-8H,3-4,9H2,1-2H3,(H,21,23). The highest BCUT2D eigenvalue weighted by molar-refractivity contribution is 9.10. The zero-order valence-electron chi connectivity index (χ0n) is 13.7. The van der Waals surface area contributed by atoms with Gasteiger partial charge in [0.2, 0.25) is 5.91 Å². The van der Waals surface area contributed by atoms with Crippen LogP contribution in [0.1, 0.15) is 35.9 Å². The zero-order valence-corrected chi connectivity index (χ0v) is 16.8. The molecule has 1 N–H and O–H groups in total. The summed E-state index contributed by atoms with van der Waals surface area (Å²) < 4.78 is 6.00. The van der Waals surface area contributed by atoms with Crippen molar-refractivity contribution in [3.05, 3.63) is 50.3 Å². The smallest absolute Gasteiger partial charge is 0.256 e. The first-order chi connectivity index (χ1) is 11.8. The van der Waals surface area contributed by atoms with Crippen LogP contribution in [0.25, 0.3) is 0 Å². The van der Waals surface area contributed by atoms with Crippen molar-refractivity contribution in [2.75, 3.05) is 12.4 Å². The van der Waals surface area contributed by atoms with Crippen molar-refractivity contribution in [3.8, 4) is 0 Å². The normalized spacial score (nSPS) is 10.6. The lowest BCUT2D eigenvalue weighted by Gasteiger charge is -2.19. The predicted molar refractivity (Wildman–Crippen MR) is 102 cm³/mol. The number of furan rings is 1. The molecule has 134 valence electrons. The minimum absolute atomic E-state index is 0.210. The van der Waals surface area contributed by atoms with Crippen LogP contribution in [0.5, 0.6) is 0 Å². The molecule has 0 fully saturated rings. The summed E-state index contributed by atoms with van der Waals surface area (Å²) in [5.74, 6) is 0.0783. The molecular weight excluding hydrogens is 431 g/mol. The molecule has 0 radical (unpaired) electrons. The number of hydrogen-bond donors (Lipinski definition) is 1. The second-order valence-electron chi connectivity index (χ2n) is 5.48. The molecule has 1 aromatic carbocycles. The zero-order chi connectivity index (χ0) is 18.6. The summed E-state index contributed by atoms with van der Waals surface area (Å²) in [5.41, 5.74) is 0.497. The van der Waals surface area contributed by atoms with Gasteiger partial charge in [-0.15, -0.1) is 0 Å². The largest absolute Gasteiger partial charge is 0.452 e. The molecule has 0 saturated heterocycles. The summed E-state index contributed by atoms with van der Waals surface area (Å²) >= 11 is 15.5. The fraction of sp³-hybridized carbons (Fsp3) is 0.294. The number of carbonyl (C=O) groups is 2. The number of carbonyl (C=O) groups excluding carboxylic acids is 2. The maximum absolute atomic E-state index is 12.8. The lowest BCUT2D eigenvalue weighted by molar-refractivity contribution is -0.116. The molecule has 8 heteroatoms. The van der Waals surface area contributed by atoms with Crippen molar-refractivity contribution >= 4 is 56.6 Å². The minimum atomic E-state index is -0.330. The molecule has 0 atom stereocenters. The highest BCUT2D eigenvalue weighted by Gasteiger charge is 2.21. The molecule has 1 aromatic heterocycles. The predicted octanol–water partition coefficient (Wildman–Crippen LogP) is 5.36. The quantitative estimate of drug-likeness (QED) is 0.648. The van der Waals surface area contributed by atoms with Crippen molar-refractivity contribution in [1.29, 1.82) is 0 Å². The second-order valence-corrected chi connectivity index (χ2v) is 7.10. The van der Waals surface area contributed by atoms with Crippen molar-refractivity contribution in [3.63, 3.8) is 0 Å². The van der Waals surface area contributed by atoms with E-state index in [0.29, 0.717) is 28.3 Å². The number of hydrogen-bond acceptors (Lipinski definition) is 3. The second kappa shape index (κ2) is 8.74. The fourth-order valence-corrected chi connectivity index (χ4v) is 3.13. The molecule has 5 nitrogen and oxygen atoms in total. The summed E-state index contributed by atoms with van der Waals surface area (Å²) in [6, 6.07) is 6.50. The highest BCUT2D eigenvalue weighted by atomic mass is 79.9. The number of nitrogens with one attached hydrogen (secondary N) is 1. The van der Waals surface area contributed by atoms with Gasteiger partial charge in [0.1, 0.15) is 5.76 Å². The molecule has 25 heavy (non-hydrogen) atoms. The van der Waals surface area contributed by atoms with Gasteiger partial charge in [0.05, 0.1) is 22.8 Å². The lowest BCUT2D eigenvalue weighted by atomic mass is 10.1. The average molecular weight is 448 g/mol. The molecule has 1 heterocycles. The van der Waals surface area contributed by atoms with Crippen LogP contribution in [0.15, 0.2) is 33.4 Å². The molecule has 0 unspecified atom stereocenters. The third-order valence-electron chi connectivity index (χ3n) is 3.40. The number of nitrogens with zero attached hydrogens (tertiary/aromatic N) is 1. The highest BCUT2D eigenvalue weighted by Crippen LogP contribution is 2.31. The van der Waals surface area contributed by atoms with Crippen LogP contribution in [0.2, 0.25) is 10.0 Å². The van der Waals surface area contributed by atoms with Crippen LogP contribution < -0.4 is 5.32 Å². The maximum Gasteiger partial charge on any atom is 0.256 e. The van der Waals surface area contributed by atoms with Crippen molar-refractivity contribution in [2.24, 2.45) is 0 Å². The first-order valence-corrected chi connectivity index (χ1v) is 9.15. The van der Waals surface area contributed by atoms with Gasteiger partial charge < -0.3 is 14.6 Å². The van der Waals surface area contributed by atoms with E-state index in [1.807, 2.05) is 6.92 Å². The minimum Gasteiger partial charge on any atom is -0.452 e. The Hall–Kier alpha value is -1.50. The molecular formula is C17H17BrCl2N2O3. The van der Waals surface area contributed by atoms with E-state index in [1.165, 1.54) is 17.0 Å². The molecule has 2 aromatic rings. The fourth-order valence-electron chi connectivity index (χ4n) is 2.25. The van der Waals surface area contributed by atoms with Gasteiger partial charge in [-0.3, -0.25) is 9.59 Å². The Bertz CT molecular complexity index is 792. The Labute approximate surface area is 164 Å². The molecule has 2 amide bonds. The van der Waals surface area contributed by atoms with Crippen LogP contribution in [0.4, 0.5) is 5.69 Å². The van der Waals surface area contributed by atoms with Gasteiger partial charge >= 0.3 is 0 Å². The van der Waals surface area contributed by atoms with Crippen LogP contribution in [-0.4, -0.2) is 23.8 Å². The summed E-state index contributed by atoms with van der Waals surface area (Å²) in [7, 11) is 1.63. The van der Waals surface area contributed by atoms with E-state index in [0.717, 1.165) is 0 Å². The number of benzene rings is 1. The van der Waals surface area contributed by atoms with Crippen LogP contribution in [0, 0.1) is 0 Å². The third kappa shape index (κ3) is 5.23. The number of rotatable bonds is 6. The molecule has 0 saturated carbocycles. The van der Waals surface area contributed by atoms with Crippen molar-refractivity contribution < 1.29 is 14.0 Å². The molecule has 0 aliphatic heterocycles. The number of anilines is 1. The average Bonchev–Trinajstić information content (AvgIpc) is 2.94. The Morgan fingerprint density at radius 2 is 2.00 bits per heavy atom. The van der Waals surface area contributed by atoms with Crippen LogP contribution in [0.3, 0.4) is 0 Å². The van der Waals surface area contributed by atoms with Crippen LogP contribution >= 0.6 is 39.1 Å². The van der Waals surface area contributed by atoms with Gasteiger partial charge in [0.15, 0.2) is 4.67 Å². The lowest BCUT2D eigenvalue weighted by Crippen LogP contribution is -2.27. The third-order valence-corrected chi connectivity index (χ3v) is 4.34. The summed E-state index contributed by atoms with van der Waals surface area (Å²) in [6.45, 7) is 2.15. The van der Waals surface area contributed by atoms with E-state index in [9.17, 15) is 9.59 Å². The summed E-state index contributed by atoms with van der Waals surface area (Å²) in [6.07, 6.45) is 1.02. The van der Waals surface area contributed by atoms with Gasteiger partial charge in [-0.05, 0) is 46.6 Å². The summed E-state index contributed by atoms with van der Waals surface area (Å²) in [4.78, 5) is 26.2. The van der Waals surface area contributed by atoms with Crippen molar-refractivity contribution in [2.45, 2.75) is 26.3 Å². The molecule has 0 bridgehead atoms. The van der Waals surface area contributed by atoms with Gasteiger partial charge in [0.25, 0.3) is 5.91 Å². The molecule has 0 spiro atoms. The molecule has 2 rings (SSSR count). The van der Waals surface area contributed by atoms with E-state index in [2.05, 4.69) is 21.2 Å². The van der Waals surface area contributed by atoms with Gasteiger partial charge in [-0.25, -0.2) is 0 Å². The van der Waals surface area contributed by atoms with E-state index in [4.69, 9.17) is 27.6 Å². The topological polar surface area (TPSA) is 62.6 Å². The Morgan fingerprint density at radius 3 is 2.60 bits per heavy atom. The monoisotopic (exact) mass is 446 g/mol. The van der Waals surface area contributed by atoms with Crippen molar-refractivity contribution in [1.82, 2.24) is 4.90 Å². The number of halogens is 3. The van der Waals surface area contributed by atoms with E-state index in [-0.39, 0.29) is 34.6 Å². The maximum atomic E-state index is 12.8. The van der Waals surface area contributed by atoms with E-state index < -0.39 is 0 Å². The molecule has 0 aliphatic rings.